The van der Waals surface area contributed by atoms with Crippen molar-refractivity contribution in [2.24, 2.45) is 0 Å². The topological polar surface area (TPSA) is 0 Å². The smallest absolute Gasteiger partial charge is 0.0721 e. The summed E-state index contributed by atoms with van der Waals surface area (Å²) >= 11 is 21.7. The lowest BCUT2D eigenvalue weighted by molar-refractivity contribution is 1.98. The van der Waals surface area contributed by atoms with Crippen molar-refractivity contribution in [3.63, 3.8) is 0 Å². The first-order valence-electron chi connectivity index (χ1n) is 3.15. The highest BCUT2D eigenvalue weighted by molar-refractivity contribution is 6.67. The molecule has 6 heteroatoms. The van der Waals surface area contributed by atoms with Crippen LogP contribution in [0.1, 0.15) is 0 Å². The van der Waals surface area contributed by atoms with Gasteiger partial charge in [-0.1, -0.05) is 63.5 Å². The Morgan fingerprint density at radius 3 is 1.55 bits per heavy atom. The molecule has 0 aromatic rings. The predicted octanol–water partition coefficient (Wildman–Crippen LogP) is 2.25. The first-order chi connectivity index (χ1) is 5.13. The number of halogens is 4. The molecule has 0 aromatic carbocycles. The van der Waals surface area contributed by atoms with Crippen molar-refractivity contribution < 1.29 is 0 Å². The quantitative estimate of drug-likeness (QED) is 0.541. The van der Waals surface area contributed by atoms with Crippen molar-refractivity contribution in [1.82, 2.24) is 0 Å². The predicted molar refractivity (Wildman–Crippen MR) is 61.5 cm³/mol. The molecular formula is C5H8Cl4Si2. The SMILES string of the molecule is ClC(Cl)=C[SiH2]C[SiH2]C=C(Cl)Cl. The molecule has 0 rings (SSSR count). The van der Waals surface area contributed by atoms with Crippen LogP contribution >= 0.6 is 46.4 Å². The highest BCUT2D eigenvalue weighted by Crippen LogP contribution is 2.06. The summed E-state index contributed by atoms with van der Waals surface area (Å²) in [7, 11) is -0.410. The fourth-order valence-electron chi connectivity index (χ4n) is 0.540. The Morgan fingerprint density at radius 1 is 0.909 bits per heavy atom. The van der Waals surface area contributed by atoms with Crippen LogP contribution in [-0.4, -0.2) is 19.0 Å². The first kappa shape index (κ1) is 12.1. The first-order valence-corrected chi connectivity index (χ1v) is 8.29. The minimum Gasteiger partial charge on any atom is -0.0721 e. The van der Waals surface area contributed by atoms with Crippen LogP contribution in [-0.2, 0) is 0 Å². The fourth-order valence-corrected chi connectivity index (χ4v) is 4.86. The molecule has 0 bridgehead atoms. The molecular weight excluding hydrogens is 258 g/mol. The van der Waals surface area contributed by atoms with Crippen LogP contribution in [0.4, 0.5) is 0 Å². The second-order valence-corrected chi connectivity index (χ2v) is 8.73. The molecule has 0 heterocycles. The van der Waals surface area contributed by atoms with Crippen molar-refractivity contribution in [2.45, 2.75) is 5.67 Å². The molecule has 0 saturated carbocycles. The molecule has 0 unspecified atom stereocenters. The van der Waals surface area contributed by atoms with E-state index in [-0.39, 0.29) is 19.0 Å². The number of hydrogen-bond donors (Lipinski definition) is 0. The Morgan fingerprint density at radius 2 is 1.27 bits per heavy atom. The van der Waals surface area contributed by atoms with Crippen LogP contribution in [0.5, 0.6) is 0 Å². The number of rotatable bonds is 4. The highest BCUT2D eigenvalue weighted by Gasteiger charge is 1.88. The van der Waals surface area contributed by atoms with Gasteiger partial charge < -0.3 is 0 Å². The van der Waals surface area contributed by atoms with E-state index in [2.05, 4.69) is 0 Å². The molecule has 0 spiro atoms. The molecule has 0 atom stereocenters. The molecule has 0 N–H and O–H groups in total. The molecule has 0 aliphatic heterocycles. The van der Waals surface area contributed by atoms with E-state index >= 15 is 0 Å². The maximum absolute atomic E-state index is 5.43. The summed E-state index contributed by atoms with van der Waals surface area (Å²) in [5.41, 5.74) is 5.07. The second-order valence-electron chi connectivity index (χ2n) is 1.92. The Kier molecular flexibility index (Phi) is 8.46. The monoisotopic (exact) mass is 264 g/mol. The summed E-state index contributed by atoms with van der Waals surface area (Å²) < 4.78 is 0.790. The molecule has 64 valence electrons. The molecule has 0 radical (unpaired) electrons. The van der Waals surface area contributed by atoms with E-state index in [0.29, 0.717) is 8.98 Å². The van der Waals surface area contributed by atoms with Gasteiger partial charge in [-0.25, -0.2) is 0 Å². The fraction of sp³-hybridized carbons (Fsp3) is 0.200. The minimum absolute atomic E-state index is 0.205. The Labute approximate surface area is 91.2 Å². The summed E-state index contributed by atoms with van der Waals surface area (Å²) in [4.78, 5) is 0. The molecule has 0 aliphatic carbocycles. The molecule has 0 amide bonds. The summed E-state index contributed by atoms with van der Waals surface area (Å²) in [5, 5.41) is 0. The average molecular weight is 266 g/mol. The normalized spacial score (nSPS) is 11.3. The van der Waals surface area contributed by atoms with Crippen LogP contribution < -0.4 is 0 Å². The van der Waals surface area contributed by atoms with Crippen LogP contribution in [0.25, 0.3) is 0 Å². The summed E-state index contributed by atoms with van der Waals surface area (Å²) in [6.45, 7) is 0. The van der Waals surface area contributed by atoms with Crippen molar-refractivity contribution in [2.75, 3.05) is 0 Å². The van der Waals surface area contributed by atoms with Gasteiger partial charge in [-0.05, 0) is 0 Å². The zero-order valence-electron chi connectivity index (χ0n) is 5.79. The van der Waals surface area contributed by atoms with E-state index in [4.69, 9.17) is 46.4 Å². The Hall–Kier alpha value is 1.07. The lowest BCUT2D eigenvalue weighted by Gasteiger charge is -1.87. The lowest BCUT2D eigenvalue weighted by atomic mass is 11.2. The lowest BCUT2D eigenvalue weighted by Crippen LogP contribution is -1.91. The van der Waals surface area contributed by atoms with E-state index in [0.717, 1.165) is 0 Å². The zero-order chi connectivity index (χ0) is 8.69. The summed E-state index contributed by atoms with van der Waals surface area (Å²) in [6, 6.07) is 0. The van der Waals surface area contributed by atoms with E-state index in [9.17, 15) is 0 Å². The van der Waals surface area contributed by atoms with Gasteiger partial charge in [0.25, 0.3) is 0 Å². The molecule has 0 aliphatic rings. The zero-order valence-corrected chi connectivity index (χ0v) is 11.6. The van der Waals surface area contributed by atoms with E-state index in [1.165, 1.54) is 5.67 Å². The van der Waals surface area contributed by atoms with Crippen LogP contribution in [0, 0.1) is 0 Å². The van der Waals surface area contributed by atoms with Crippen molar-refractivity contribution >= 4 is 65.4 Å². The van der Waals surface area contributed by atoms with E-state index < -0.39 is 0 Å². The molecule has 0 nitrogen and oxygen atoms in total. The van der Waals surface area contributed by atoms with Crippen molar-refractivity contribution in [1.29, 1.82) is 0 Å². The van der Waals surface area contributed by atoms with Gasteiger partial charge in [0.15, 0.2) is 0 Å². The molecule has 0 saturated heterocycles. The summed E-state index contributed by atoms with van der Waals surface area (Å²) in [6.07, 6.45) is 0. The summed E-state index contributed by atoms with van der Waals surface area (Å²) in [5.74, 6) is 0. The van der Waals surface area contributed by atoms with Gasteiger partial charge >= 0.3 is 0 Å². The van der Waals surface area contributed by atoms with E-state index in [1.54, 1.807) is 0 Å². The average Bonchev–Trinajstić information content (AvgIpc) is 1.85. The van der Waals surface area contributed by atoms with Gasteiger partial charge in [0.1, 0.15) is 0 Å². The van der Waals surface area contributed by atoms with Gasteiger partial charge in [-0.2, -0.15) is 0 Å². The third-order valence-electron chi connectivity index (χ3n) is 1.01. The maximum atomic E-state index is 5.43. The Balaban J connectivity index is 3.29. The van der Waals surface area contributed by atoms with Crippen LogP contribution in [0.3, 0.4) is 0 Å². The van der Waals surface area contributed by atoms with Gasteiger partial charge in [0, 0.05) is 19.0 Å². The second kappa shape index (κ2) is 7.71. The standard InChI is InChI=1S/C5H8Cl4Si2/c6-4(7)1-10-3-11-2-5(8)9/h1-2H,3,10-11H2. The third kappa shape index (κ3) is 11.1. The van der Waals surface area contributed by atoms with Crippen LogP contribution in [0.15, 0.2) is 20.4 Å². The molecule has 0 fully saturated rings. The van der Waals surface area contributed by atoms with Gasteiger partial charge in [-0.15, -0.1) is 0 Å². The molecule has 0 aromatic heterocycles. The van der Waals surface area contributed by atoms with Crippen LogP contribution in [0.2, 0.25) is 5.67 Å². The number of hydrogen-bond acceptors (Lipinski definition) is 0. The van der Waals surface area contributed by atoms with E-state index in [1.807, 2.05) is 11.4 Å². The minimum atomic E-state index is -0.205. The third-order valence-corrected chi connectivity index (χ3v) is 7.32. The van der Waals surface area contributed by atoms with Crippen molar-refractivity contribution in [3.8, 4) is 0 Å². The van der Waals surface area contributed by atoms with Gasteiger partial charge in [0.05, 0.1) is 8.98 Å². The largest absolute Gasteiger partial charge is 0.0980 e. The Bertz CT molecular complexity index is 140. The molecule has 11 heavy (non-hydrogen) atoms. The highest BCUT2D eigenvalue weighted by atomic mass is 35.5. The van der Waals surface area contributed by atoms with Crippen molar-refractivity contribution in [3.05, 3.63) is 20.4 Å². The van der Waals surface area contributed by atoms with Gasteiger partial charge in [-0.3, -0.25) is 0 Å². The van der Waals surface area contributed by atoms with Gasteiger partial charge in [0.2, 0.25) is 0 Å². The maximum Gasteiger partial charge on any atom is 0.0980 e.